The van der Waals surface area contributed by atoms with E-state index in [1.54, 1.807) is 12.1 Å². The SMILES string of the molecule is NCCC(=O)NC(Cc1ccc(Cl)cc1)C(=O)N1CCC(N(C(=O)c2ccccc2)C2CCCCC2)C1. The summed E-state index contributed by atoms with van der Waals surface area (Å²) in [5, 5.41) is 3.51. The molecule has 2 atom stereocenters. The van der Waals surface area contributed by atoms with Crippen LogP contribution < -0.4 is 11.1 Å². The molecule has 1 saturated heterocycles. The largest absolute Gasteiger partial charge is 0.344 e. The summed E-state index contributed by atoms with van der Waals surface area (Å²) in [6.07, 6.45) is 6.69. The smallest absolute Gasteiger partial charge is 0.254 e. The molecule has 2 unspecified atom stereocenters. The Hall–Kier alpha value is -2.90. The summed E-state index contributed by atoms with van der Waals surface area (Å²) in [6, 6.07) is 16.2. The Morgan fingerprint density at radius 3 is 2.35 bits per heavy atom. The van der Waals surface area contributed by atoms with Gasteiger partial charge in [0.25, 0.3) is 5.91 Å². The third-order valence-corrected chi connectivity index (χ3v) is 7.70. The van der Waals surface area contributed by atoms with Gasteiger partial charge >= 0.3 is 0 Å². The van der Waals surface area contributed by atoms with E-state index < -0.39 is 6.04 Å². The number of likely N-dealkylation sites (tertiary alicyclic amines) is 1. The van der Waals surface area contributed by atoms with E-state index in [-0.39, 0.29) is 42.8 Å². The Bertz CT molecular complexity index is 1060. The number of hydrogen-bond acceptors (Lipinski definition) is 4. The fourth-order valence-electron chi connectivity index (χ4n) is 5.56. The van der Waals surface area contributed by atoms with Crippen LogP contribution in [0.3, 0.4) is 0 Å². The highest BCUT2D eigenvalue weighted by molar-refractivity contribution is 6.30. The lowest BCUT2D eigenvalue weighted by Crippen LogP contribution is -2.52. The van der Waals surface area contributed by atoms with E-state index >= 15 is 0 Å². The van der Waals surface area contributed by atoms with Gasteiger partial charge in [-0.05, 0) is 49.1 Å². The van der Waals surface area contributed by atoms with E-state index in [0.717, 1.165) is 37.7 Å². The fourth-order valence-corrected chi connectivity index (χ4v) is 5.69. The maximum Gasteiger partial charge on any atom is 0.254 e. The maximum atomic E-state index is 13.7. The molecule has 198 valence electrons. The van der Waals surface area contributed by atoms with Gasteiger partial charge in [-0.1, -0.05) is 61.2 Å². The highest BCUT2D eigenvalue weighted by Crippen LogP contribution is 2.29. The van der Waals surface area contributed by atoms with Gasteiger partial charge in [0.15, 0.2) is 0 Å². The molecule has 0 spiro atoms. The Labute approximate surface area is 224 Å². The summed E-state index contributed by atoms with van der Waals surface area (Å²) in [5.41, 5.74) is 7.16. The molecule has 4 rings (SSSR count). The topological polar surface area (TPSA) is 95.7 Å². The number of rotatable bonds is 9. The molecule has 2 aromatic carbocycles. The molecule has 2 fully saturated rings. The van der Waals surface area contributed by atoms with E-state index in [1.807, 2.05) is 47.4 Å². The molecule has 8 heteroatoms. The number of nitrogens with zero attached hydrogens (tertiary/aromatic N) is 2. The molecule has 1 aliphatic heterocycles. The zero-order chi connectivity index (χ0) is 26.2. The first-order valence-corrected chi connectivity index (χ1v) is 13.7. The average molecular weight is 525 g/mol. The van der Waals surface area contributed by atoms with Crippen LogP contribution in [0.1, 0.15) is 60.9 Å². The molecular formula is C29H37ClN4O3. The van der Waals surface area contributed by atoms with E-state index in [1.165, 1.54) is 6.42 Å². The van der Waals surface area contributed by atoms with Gasteiger partial charge in [0.2, 0.25) is 11.8 Å². The number of amides is 3. The summed E-state index contributed by atoms with van der Waals surface area (Å²) in [4.78, 5) is 43.6. The summed E-state index contributed by atoms with van der Waals surface area (Å²) in [5.74, 6) is -0.326. The number of carbonyl (C=O) groups excluding carboxylic acids is 3. The lowest BCUT2D eigenvalue weighted by Gasteiger charge is -2.39. The molecule has 2 aliphatic rings. The predicted octanol–water partition coefficient (Wildman–Crippen LogP) is 3.79. The first kappa shape index (κ1) is 27.1. The van der Waals surface area contributed by atoms with Gasteiger partial charge in [-0.2, -0.15) is 0 Å². The molecular weight excluding hydrogens is 488 g/mol. The Kier molecular flexibility index (Phi) is 9.58. The quantitative estimate of drug-likeness (QED) is 0.521. The molecule has 7 nitrogen and oxygen atoms in total. The van der Waals surface area contributed by atoms with Crippen LogP contribution in [-0.2, 0) is 16.0 Å². The minimum Gasteiger partial charge on any atom is -0.344 e. The second-order valence-electron chi connectivity index (χ2n) is 10.1. The van der Waals surface area contributed by atoms with Crippen LogP contribution >= 0.6 is 11.6 Å². The normalized spacial score (nSPS) is 18.9. The number of nitrogens with two attached hydrogens (primary N) is 1. The zero-order valence-corrected chi connectivity index (χ0v) is 22.0. The first-order valence-electron chi connectivity index (χ1n) is 13.4. The second kappa shape index (κ2) is 13.1. The highest BCUT2D eigenvalue weighted by atomic mass is 35.5. The number of benzene rings is 2. The zero-order valence-electron chi connectivity index (χ0n) is 21.3. The van der Waals surface area contributed by atoms with Gasteiger partial charge in [-0.25, -0.2) is 0 Å². The van der Waals surface area contributed by atoms with Crippen LogP contribution in [0.25, 0.3) is 0 Å². The second-order valence-corrected chi connectivity index (χ2v) is 10.5. The number of hydrogen-bond donors (Lipinski definition) is 2. The number of nitrogens with one attached hydrogen (secondary N) is 1. The maximum absolute atomic E-state index is 13.7. The van der Waals surface area contributed by atoms with Gasteiger partial charge in [0.1, 0.15) is 6.04 Å². The summed E-state index contributed by atoms with van der Waals surface area (Å²) < 4.78 is 0. The van der Waals surface area contributed by atoms with Gasteiger partial charge in [0.05, 0.1) is 6.04 Å². The molecule has 0 bridgehead atoms. The monoisotopic (exact) mass is 524 g/mol. The molecule has 37 heavy (non-hydrogen) atoms. The Morgan fingerprint density at radius 2 is 1.68 bits per heavy atom. The number of carbonyl (C=O) groups is 3. The Morgan fingerprint density at radius 1 is 0.973 bits per heavy atom. The van der Waals surface area contributed by atoms with Gasteiger partial charge < -0.3 is 20.9 Å². The van der Waals surface area contributed by atoms with Crippen molar-refractivity contribution in [2.45, 2.75) is 69.5 Å². The van der Waals surface area contributed by atoms with Crippen molar-refractivity contribution >= 4 is 29.3 Å². The highest BCUT2D eigenvalue weighted by Gasteiger charge is 2.39. The molecule has 0 radical (unpaired) electrons. The van der Waals surface area contributed by atoms with Crippen molar-refractivity contribution in [1.82, 2.24) is 15.1 Å². The van der Waals surface area contributed by atoms with Gasteiger partial charge in [0, 0.05) is 49.1 Å². The summed E-state index contributed by atoms with van der Waals surface area (Å²) in [6.45, 7) is 1.24. The lowest BCUT2D eigenvalue weighted by molar-refractivity contribution is -0.135. The third-order valence-electron chi connectivity index (χ3n) is 7.45. The Balaban J connectivity index is 1.51. The molecule has 1 aliphatic carbocycles. The van der Waals surface area contributed by atoms with Crippen molar-refractivity contribution < 1.29 is 14.4 Å². The van der Waals surface area contributed by atoms with Crippen molar-refractivity contribution in [2.24, 2.45) is 5.73 Å². The summed E-state index contributed by atoms with van der Waals surface area (Å²) in [7, 11) is 0. The van der Waals surface area contributed by atoms with Crippen LogP contribution in [0.15, 0.2) is 54.6 Å². The minimum absolute atomic E-state index is 0.0424. The van der Waals surface area contributed by atoms with E-state index in [2.05, 4.69) is 10.2 Å². The number of halogens is 1. The van der Waals surface area contributed by atoms with Crippen LogP contribution in [0, 0.1) is 0 Å². The third kappa shape index (κ3) is 7.11. The van der Waals surface area contributed by atoms with E-state index in [4.69, 9.17) is 17.3 Å². The molecule has 3 N–H and O–H groups in total. The van der Waals surface area contributed by atoms with Crippen molar-refractivity contribution in [3.05, 3.63) is 70.7 Å². The molecule has 3 amide bonds. The average Bonchev–Trinajstić information content (AvgIpc) is 3.40. The van der Waals surface area contributed by atoms with Crippen molar-refractivity contribution in [3.63, 3.8) is 0 Å². The van der Waals surface area contributed by atoms with Crippen LogP contribution in [0.5, 0.6) is 0 Å². The summed E-state index contributed by atoms with van der Waals surface area (Å²) >= 11 is 6.03. The predicted molar refractivity (Wildman–Crippen MR) is 145 cm³/mol. The van der Waals surface area contributed by atoms with Crippen molar-refractivity contribution in [3.8, 4) is 0 Å². The lowest BCUT2D eigenvalue weighted by atomic mass is 9.92. The van der Waals surface area contributed by atoms with Crippen LogP contribution in [-0.4, -0.2) is 65.3 Å². The van der Waals surface area contributed by atoms with Crippen LogP contribution in [0.4, 0.5) is 0 Å². The fraction of sp³-hybridized carbons (Fsp3) is 0.483. The van der Waals surface area contributed by atoms with E-state index in [0.29, 0.717) is 30.1 Å². The molecule has 1 saturated carbocycles. The van der Waals surface area contributed by atoms with Gasteiger partial charge in [-0.15, -0.1) is 0 Å². The van der Waals surface area contributed by atoms with Crippen LogP contribution in [0.2, 0.25) is 5.02 Å². The van der Waals surface area contributed by atoms with Gasteiger partial charge in [-0.3, -0.25) is 14.4 Å². The van der Waals surface area contributed by atoms with Crippen molar-refractivity contribution in [1.29, 1.82) is 0 Å². The minimum atomic E-state index is -0.702. The molecule has 0 aromatic heterocycles. The molecule has 2 aromatic rings. The standard InChI is InChI=1S/C29H37ClN4O3/c30-23-13-11-21(12-14-23)19-26(32-27(35)15-17-31)29(37)33-18-16-25(20-33)34(24-9-5-2-6-10-24)28(36)22-7-3-1-4-8-22/h1,3-4,7-8,11-14,24-26H,2,5-6,9-10,15-20,31H2,(H,32,35). The van der Waals surface area contributed by atoms with Crippen molar-refractivity contribution in [2.75, 3.05) is 19.6 Å². The van der Waals surface area contributed by atoms with E-state index in [9.17, 15) is 14.4 Å². The first-order chi connectivity index (χ1) is 18.0. The molecule has 1 heterocycles.